The highest BCUT2D eigenvalue weighted by Gasteiger charge is 2.68. The maximum atomic E-state index is 12.8. The molecule has 1 aliphatic rings. The standard InChI is InChI=1S/C13H20F6O6S3/c1-3-8(2)9-4-6-10(7-5-9)26(20,21)11(27(22,23)12(14,15)16)28(24,25)13(17,18)19/h8-11H,3-7H2,1-2H3. The molecule has 1 unspecified atom stereocenters. The smallest absolute Gasteiger partial charge is 0.226 e. The second-order valence-corrected chi connectivity index (χ2v) is 14.0. The molecule has 0 saturated heterocycles. The van der Waals surface area contributed by atoms with Crippen LogP contribution in [0, 0.1) is 11.8 Å². The van der Waals surface area contributed by atoms with E-state index >= 15 is 0 Å². The molecular formula is C13H20F6O6S3. The van der Waals surface area contributed by atoms with Crippen LogP contribution in [0.4, 0.5) is 26.3 Å². The Morgan fingerprint density at radius 1 is 0.786 bits per heavy atom. The Hall–Kier alpha value is -0.570. The highest BCUT2D eigenvalue weighted by atomic mass is 32.3. The third-order valence-corrected chi connectivity index (χ3v) is 13.9. The van der Waals surface area contributed by atoms with Crippen molar-refractivity contribution >= 4 is 29.5 Å². The van der Waals surface area contributed by atoms with Crippen LogP contribution < -0.4 is 0 Å². The van der Waals surface area contributed by atoms with E-state index in [0.29, 0.717) is 6.42 Å². The largest absolute Gasteiger partial charge is 0.499 e. The van der Waals surface area contributed by atoms with Gasteiger partial charge in [0.25, 0.3) is 23.6 Å². The first-order chi connectivity index (χ1) is 12.3. The van der Waals surface area contributed by atoms with E-state index in [-0.39, 0.29) is 24.7 Å². The van der Waals surface area contributed by atoms with Crippen LogP contribution in [0.3, 0.4) is 0 Å². The van der Waals surface area contributed by atoms with E-state index in [1.807, 2.05) is 13.8 Å². The number of sulfone groups is 3. The van der Waals surface area contributed by atoms with E-state index in [1.165, 1.54) is 0 Å². The maximum Gasteiger partial charge on any atom is 0.499 e. The minimum absolute atomic E-state index is 0.0478. The lowest BCUT2D eigenvalue weighted by molar-refractivity contribution is -0.0462. The molecule has 1 rings (SSSR count). The van der Waals surface area contributed by atoms with Crippen molar-refractivity contribution in [2.75, 3.05) is 0 Å². The second kappa shape index (κ2) is 7.93. The molecule has 168 valence electrons. The van der Waals surface area contributed by atoms with Crippen LogP contribution in [0.15, 0.2) is 0 Å². The minimum Gasteiger partial charge on any atom is -0.226 e. The third-order valence-electron chi connectivity index (χ3n) is 5.05. The lowest BCUT2D eigenvalue weighted by Crippen LogP contribution is -2.52. The Labute approximate surface area is 159 Å². The summed E-state index contributed by atoms with van der Waals surface area (Å²) >= 11 is 0. The van der Waals surface area contributed by atoms with Crippen molar-refractivity contribution in [2.45, 2.75) is 66.1 Å². The van der Waals surface area contributed by atoms with Crippen LogP contribution in [0.1, 0.15) is 46.0 Å². The van der Waals surface area contributed by atoms with E-state index in [2.05, 4.69) is 0 Å². The van der Waals surface area contributed by atoms with E-state index in [1.54, 1.807) is 0 Å². The first-order valence-corrected chi connectivity index (χ1v) is 12.8. The summed E-state index contributed by atoms with van der Waals surface area (Å²) in [7, 11) is -20.3. The second-order valence-electron chi connectivity index (χ2n) is 6.78. The zero-order valence-electron chi connectivity index (χ0n) is 14.8. The van der Waals surface area contributed by atoms with Gasteiger partial charge in [-0.25, -0.2) is 25.3 Å². The molecule has 1 fully saturated rings. The number of rotatable bonds is 6. The molecule has 1 atom stereocenters. The highest BCUT2D eigenvalue weighted by molar-refractivity contribution is 8.24. The Morgan fingerprint density at radius 2 is 1.14 bits per heavy atom. The lowest BCUT2D eigenvalue weighted by atomic mass is 9.80. The summed E-state index contributed by atoms with van der Waals surface area (Å²) in [6, 6.07) is 0. The summed E-state index contributed by atoms with van der Waals surface area (Å²) in [5.41, 5.74) is -13.0. The summed E-state index contributed by atoms with van der Waals surface area (Å²) in [6.45, 7) is 3.68. The van der Waals surface area contributed by atoms with Gasteiger partial charge < -0.3 is 0 Å². The maximum absolute atomic E-state index is 12.8. The van der Waals surface area contributed by atoms with Gasteiger partial charge in [-0.05, 0) is 37.5 Å². The lowest BCUT2D eigenvalue weighted by Gasteiger charge is -2.33. The molecule has 0 aromatic carbocycles. The first-order valence-electron chi connectivity index (χ1n) is 8.14. The van der Waals surface area contributed by atoms with Crippen molar-refractivity contribution in [2.24, 2.45) is 11.8 Å². The van der Waals surface area contributed by atoms with Crippen molar-refractivity contribution in [3.8, 4) is 0 Å². The van der Waals surface area contributed by atoms with E-state index in [0.717, 1.165) is 0 Å². The van der Waals surface area contributed by atoms with Crippen molar-refractivity contribution < 1.29 is 51.6 Å². The molecule has 0 aromatic rings. The predicted molar refractivity (Wildman–Crippen MR) is 87.9 cm³/mol. The van der Waals surface area contributed by atoms with Gasteiger partial charge in [0.1, 0.15) is 0 Å². The molecule has 1 aliphatic carbocycles. The minimum atomic E-state index is -7.22. The SMILES string of the molecule is CCC(C)C1CCC(S(=O)(=O)C(S(=O)(=O)C(F)(F)F)S(=O)(=O)C(F)(F)F)CC1. The molecule has 0 heterocycles. The van der Waals surface area contributed by atoms with E-state index in [4.69, 9.17) is 0 Å². The van der Waals surface area contributed by atoms with Gasteiger partial charge >= 0.3 is 11.0 Å². The summed E-state index contributed by atoms with van der Waals surface area (Å²) in [6.07, 6.45) is 0.0896. The van der Waals surface area contributed by atoms with Crippen molar-refractivity contribution in [3.63, 3.8) is 0 Å². The number of hydrogen-bond donors (Lipinski definition) is 0. The van der Waals surface area contributed by atoms with Crippen LogP contribution in [0.25, 0.3) is 0 Å². The molecule has 0 aliphatic heterocycles. The van der Waals surface area contributed by atoms with Crippen molar-refractivity contribution in [3.05, 3.63) is 0 Å². The van der Waals surface area contributed by atoms with E-state index < -0.39 is 62.5 Å². The van der Waals surface area contributed by atoms with Gasteiger partial charge in [0, 0.05) is 0 Å². The normalized spacial score (nSPS) is 24.3. The fourth-order valence-electron chi connectivity index (χ4n) is 3.21. The summed E-state index contributed by atoms with van der Waals surface area (Å²) in [5.74, 6) is 0.0608. The third kappa shape index (κ3) is 4.60. The van der Waals surface area contributed by atoms with Crippen LogP contribution in [-0.4, -0.2) is 45.4 Å². The van der Waals surface area contributed by atoms with Crippen LogP contribution in [-0.2, 0) is 29.5 Å². The molecule has 28 heavy (non-hydrogen) atoms. The molecule has 0 amide bonds. The molecule has 0 bridgehead atoms. The number of halogens is 6. The van der Waals surface area contributed by atoms with Gasteiger partial charge in [-0.1, -0.05) is 20.3 Å². The van der Waals surface area contributed by atoms with Crippen molar-refractivity contribution in [1.82, 2.24) is 0 Å². The van der Waals surface area contributed by atoms with Gasteiger partial charge in [-0.15, -0.1) is 0 Å². The summed E-state index contributed by atoms with van der Waals surface area (Å²) in [4.78, 5) is 0. The molecule has 0 spiro atoms. The van der Waals surface area contributed by atoms with Crippen LogP contribution in [0.5, 0.6) is 0 Å². The average Bonchev–Trinajstić information content (AvgIpc) is 2.51. The van der Waals surface area contributed by atoms with E-state index in [9.17, 15) is 51.6 Å². The first kappa shape index (κ1) is 25.5. The van der Waals surface area contributed by atoms with Gasteiger partial charge in [0.15, 0.2) is 9.84 Å². The fourth-order valence-corrected chi connectivity index (χ4v) is 11.3. The van der Waals surface area contributed by atoms with Gasteiger partial charge in [0.2, 0.25) is 0 Å². The van der Waals surface area contributed by atoms with Gasteiger partial charge in [-0.3, -0.25) is 0 Å². The molecule has 0 N–H and O–H groups in total. The Balaban J connectivity index is 3.48. The van der Waals surface area contributed by atoms with Gasteiger partial charge in [-0.2, -0.15) is 26.3 Å². The Bertz CT molecular complexity index is 821. The fraction of sp³-hybridized carbons (Fsp3) is 1.00. The predicted octanol–water partition coefficient (Wildman–Crippen LogP) is 3.16. The number of hydrogen-bond acceptors (Lipinski definition) is 6. The Morgan fingerprint density at radius 3 is 1.43 bits per heavy atom. The molecule has 1 saturated carbocycles. The average molecular weight is 482 g/mol. The van der Waals surface area contributed by atoms with Crippen LogP contribution >= 0.6 is 0 Å². The summed E-state index contributed by atoms with van der Waals surface area (Å²) in [5, 5.41) is -1.94. The number of alkyl halides is 6. The zero-order chi connectivity index (χ0) is 22.3. The van der Waals surface area contributed by atoms with Crippen LogP contribution in [0.2, 0.25) is 0 Å². The monoisotopic (exact) mass is 482 g/mol. The molecule has 0 radical (unpaired) electrons. The topological polar surface area (TPSA) is 102 Å². The molecule has 0 aromatic heterocycles. The molecule has 15 heteroatoms. The zero-order valence-corrected chi connectivity index (χ0v) is 17.2. The summed E-state index contributed by atoms with van der Waals surface area (Å²) < 4.78 is 144. The molecule has 6 nitrogen and oxygen atoms in total. The Kier molecular flexibility index (Phi) is 7.21. The van der Waals surface area contributed by atoms with Gasteiger partial charge in [0.05, 0.1) is 5.25 Å². The van der Waals surface area contributed by atoms with Crippen molar-refractivity contribution in [1.29, 1.82) is 0 Å². The molecular weight excluding hydrogens is 462 g/mol. The highest BCUT2D eigenvalue weighted by Crippen LogP contribution is 2.43. The quantitative estimate of drug-likeness (QED) is 0.539.